The van der Waals surface area contributed by atoms with Crippen LogP contribution in [0.4, 0.5) is 5.69 Å². The summed E-state index contributed by atoms with van der Waals surface area (Å²) in [6, 6.07) is 6.44. The van der Waals surface area contributed by atoms with E-state index >= 15 is 0 Å². The van der Waals surface area contributed by atoms with Gasteiger partial charge in [0.2, 0.25) is 5.91 Å². The van der Waals surface area contributed by atoms with Crippen LogP contribution >= 0.6 is 0 Å². The van der Waals surface area contributed by atoms with Crippen molar-refractivity contribution in [2.45, 2.75) is 32.6 Å². The van der Waals surface area contributed by atoms with Crippen molar-refractivity contribution in [1.29, 1.82) is 0 Å². The van der Waals surface area contributed by atoms with E-state index in [9.17, 15) is 4.79 Å². The molecule has 1 aromatic rings. The fraction of sp³-hybridized carbons (Fsp3) is 0.533. The summed E-state index contributed by atoms with van der Waals surface area (Å²) in [5, 5.41) is 3.08. The number of hydrogen-bond donors (Lipinski definition) is 1. The number of amides is 1. The second kappa shape index (κ2) is 6.01. The van der Waals surface area contributed by atoms with Gasteiger partial charge >= 0.3 is 0 Å². The Morgan fingerprint density at radius 3 is 3.06 bits per heavy atom. The van der Waals surface area contributed by atoms with E-state index in [2.05, 4.69) is 30.4 Å². The van der Waals surface area contributed by atoms with Crippen LogP contribution in [0.1, 0.15) is 30.4 Å². The lowest BCUT2D eigenvalue weighted by Crippen LogP contribution is -2.35. The summed E-state index contributed by atoms with van der Waals surface area (Å²) in [5.74, 6) is 0.261. The molecule has 0 bridgehead atoms. The van der Waals surface area contributed by atoms with E-state index in [1.165, 1.54) is 11.1 Å². The maximum atomic E-state index is 12.2. The van der Waals surface area contributed by atoms with Gasteiger partial charge in [0.25, 0.3) is 0 Å². The van der Waals surface area contributed by atoms with Gasteiger partial charge < -0.3 is 10.2 Å². The molecular formula is C15H22N2O. The predicted octanol–water partition coefficient (Wildman–Crippen LogP) is 2.27. The van der Waals surface area contributed by atoms with Crippen molar-refractivity contribution in [2.75, 3.05) is 25.0 Å². The van der Waals surface area contributed by atoms with Crippen molar-refractivity contribution in [3.8, 4) is 0 Å². The number of nitrogens with one attached hydrogen (secondary N) is 1. The van der Waals surface area contributed by atoms with Crippen LogP contribution in [0.3, 0.4) is 0 Å². The fourth-order valence-electron chi connectivity index (χ4n) is 2.50. The molecular weight excluding hydrogens is 224 g/mol. The zero-order valence-electron chi connectivity index (χ0n) is 11.3. The maximum absolute atomic E-state index is 12.2. The lowest BCUT2D eigenvalue weighted by atomic mass is 9.99. The number of anilines is 1. The van der Waals surface area contributed by atoms with Crippen LogP contribution in [0.25, 0.3) is 0 Å². The third-order valence-corrected chi connectivity index (χ3v) is 3.48. The molecule has 98 valence electrons. The van der Waals surface area contributed by atoms with E-state index in [0.29, 0.717) is 6.42 Å². The van der Waals surface area contributed by atoms with Crippen molar-refractivity contribution in [2.24, 2.45) is 0 Å². The molecule has 1 heterocycles. The van der Waals surface area contributed by atoms with Gasteiger partial charge in [-0.05, 0) is 57.0 Å². The van der Waals surface area contributed by atoms with Gasteiger partial charge in [-0.25, -0.2) is 0 Å². The first-order chi connectivity index (χ1) is 8.72. The minimum Gasteiger partial charge on any atom is -0.320 e. The molecule has 0 atom stereocenters. The standard InChI is InChI=1S/C15H22N2O/c1-12-7-8-13-5-4-10-17(14(13)11-12)15(18)6-3-9-16-2/h7-8,11,16H,3-6,9-10H2,1-2H3. The number of benzene rings is 1. The second-order valence-electron chi connectivity index (χ2n) is 4.99. The molecule has 3 nitrogen and oxygen atoms in total. The molecule has 2 rings (SSSR count). The number of nitrogens with zero attached hydrogens (tertiary/aromatic N) is 1. The van der Waals surface area contributed by atoms with E-state index in [1.54, 1.807) is 0 Å². The molecule has 0 aliphatic carbocycles. The minimum absolute atomic E-state index is 0.261. The Morgan fingerprint density at radius 2 is 2.28 bits per heavy atom. The Bertz CT molecular complexity index is 429. The molecule has 0 radical (unpaired) electrons. The molecule has 1 amide bonds. The van der Waals surface area contributed by atoms with Crippen LogP contribution < -0.4 is 10.2 Å². The van der Waals surface area contributed by atoms with Crippen molar-refractivity contribution < 1.29 is 4.79 Å². The molecule has 0 fully saturated rings. The molecule has 1 aromatic carbocycles. The van der Waals surface area contributed by atoms with Crippen LogP contribution in [0.2, 0.25) is 0 Å². The number of fused-ring (bicyclic) bond motifs is 1. The number of carbonyl (C=O) groups excluding carboxylic acids is 1. The zero-order chi connectivity index (χ0) is 13.0. The molecule has 18 heavy (non-hydrogen) atoms. The summed E-state index contributed by atoms with van der Waals surface area (Å²) in [6.45, 7) is 3.85. The Labute approximate surface area is 109 Å². The van der Waals surface area contributed by atoms with Crippen molar-refractivity contribution in [3.05, 3.63) is 29.3 Å². The van der Waals surface area contributed by atoms with E-state index in [0.717, 1.165) is 38.0 Å². The van der Waals surface area contributed by atoms with E-state index < -0.39 is 0 Å². The molecule has 3 heteroatoms. The highest BCUT2D eigenvalue weighted by Gasteiger charge is 2.21. The summed E-state index contributed by atoms with van der Waals surface area (Å²) in [5.41, 5.74) is 3.67. The number of carbonyl (C=O) groups is 1. The topological polar surface area (TPSA) is 32.3 Å². The lowest BCUT2D eigenvalue weighted by Gasteiger charge is -2.30. The summed E-state index contributed by atoms with van der Waals surface area (Å²) in [6.07, 6.45) is 3.71. The number of aryl methyl sites for hydroxylation is 2. The van der Waals surface area contributed by atoms with Crippen molar-refractivity contribution >= 4 is 11.6 Å². The third kappa shape index (κ3) is 2.91. The Balaban J connectivity index is 2.11. The van der Waals surface area contributed by atoms with Gasteiger partial charge in [-0.15, -0.1) is 0 Å². The summed E-state index contributed by atoms with van der Waals surface area (Å²) in [4.78, 5) is 14.2. The third-order valence-electron chi connectivity index (χ3n) is 3.48. The second-order valence-corrected chi connectivity index (χ2v) is 4.99. The number of hydrogen-bond acceptors (Lipinski definition) is 2. The molecule has 1 aliphatic heterocycles. The van der Waals surface area contributed by atoms with Crippen LogP contribution in [-0.4, -0.2) is 26.0 Å². The molecule has 0 saturated heterocycles. The largest absolute Gasteiger partial charge is 0.320 e. The van der Waals surface area contributed by atoms with Crippen molar-refractivity contribution in [3.63, 3.8) is 0 Å². The highest BCUT2D eigenvalue weighted by molar-refractivity contribution is 5.94. The van der Waals surface area contributed by atoms with E-state index in [4.69, 9.17) is 0 Å². The minimum atomic E-state index is 0.261. The Morgan fingerprint density at radius 1 is 1.44 bits per heavy atom. The molecule has 1 aliphatic rings. The first-order valence-corrected chi connectivity index (χ1v) is 6.77. The zero-order valence-corrected chi connectivity index (χ0v) is 11.3. The summed E-state index contributed by atoms with van der Waals surface area (Å²) >= 11 is 0. The monoisotopic (exact) mass is 246 g/mol. The molecule has 0 unspecified atom stereocenters. The van der Waals surface area contributed by atoms with Crippen LogP contribution in [0.5, 0.6) is 0 Å². The molecule has 0 saturated carbocycles. The first-order valence-electron chi connectivity index (χ1n) is 6.77. The molecule has 0 spiro atoms. The van der Waals surface area contributed by atoms with Crippen LogP contribution in [0, 0.1) is 6.92 Å². The molecule has 0 aromatic heterocycles. The van der Waals surface area contributed by atoms with Gasteiger partial charge in [0.05, 0.1) is 0 Å². The van der Waals surface area contributed by atoms with Gasteiger partial charge in [-0.3, -0.25) is 4.79 Å². The Hall–Kier alpha value is -1.35. The SMILES string of the molecule is CNCCCC(=O)N1CCCc2ccc(C)cc21. The summed E-state index contributed by atoms with van der Waals surface area (Å²) in [7, 11) is 1.92. The quantitative estimate of drug-likeness (QED) is 0.827. The molecule has 1 N–H and O–H groups in total. The van der Waals surface area contributed by atoms with Gasteiger partial charge in [0.1, 0.15) is 0 Å². The van der Waals surface area contributed by atoms with Crippen LogP contribution in [0.15, 0.2) is 18.2 Å². The highest BCUT2D eigenvalue weighted by Crippen LogP contribution is 2.28. The maximum Gasteiger partial charge on any atom is 0.227 e. The average molecular weight is 246 g/mol. The predicted molar refractivity (Wildman–Crippen MR) is 75.0 cm³/mol. The van der Waals surface area contributed by atoms with E-state index in [-0.39, 0.29) is 5.91 Å². The smallest absolute Gasteiger partial charge is 0.227 e. The summed E-state index contributed by atoms with van der Waals surface area (Å²) < 4.78 is 0. The number of rotatable bonds is 4. The fourth-order valence-corrected chi connectivity index (χ4v) is 2.50. The van der Waals surface area contributed by atoms with Crippen molar-refractivity contribution in [1.82, 2.24) is 5.32 Å². The van der Waals surface area contributed by atoms with Crippen LogP contribution in [-0.2, 0) is 11.2 Å². The van der Waals surface area contributed by atoms with Gasteiger partial charge in [0.15, 0.2) is 0 Å². The Kier molecular flexibility index (Phi) is 4.37. The van der Waals surface area contributed by atoms with Gasteiger partial charge in [-0.2, -0.15) is 0 Å². The van der Waals surface area contributed by atoms with Gasteiger partial charge in [-0.1, -0.05) is 12.1 Å². The highest BCUT2D eigenvalue weighted by atomic mass is 16.2. The first kappa shape index (κ1) is 13.1. The van der Waals surface area contributed by atoms with Gasteiger partial charge in [0, 0.05) is 18.7 Å². The average Bonchev–Trinajstić information content (AvgIpc) is 2.38. The normalized spacial score (nSPS) is 14.4. The van der Waals surface area contributed by atoms with E-state index in [1.807, 2.05) is 11.9 Å². The lowest BCUT2D eigenvalue weighted by molar-refractivity contribution is -0.118.